The number of hydrogen-bond acceptors (Lipinski definition) is 1. The Bertz CT molecular complexity index is 2150. The number of rotatable bonds is 22. The Morgan fingerprint density at radius 1 is 0.348 bits per heavy atom. The molecule has 1 aliphatic heterocycles. The van der Waals surface area contributed by atoms with E-state index < -0.39 is 15.8 Å². The van der Waals surface area contributed by atoms with Gasteiger partial charge in [0, 0.05) is 49.4 Å². The first kappa shape index (κ1) is 49.7. The van der Waals surface area contributed by atoms with Gasteiger partial charge in [-0.25, -0.2) is 0 Å². The van der Waals surface area contributed by atoms with Gasteiger partial charge in [0.05, 0.1) is 52.4 Å². The molecule has 0 bridgehead atoms. The first-order chi connectivity index (χ1) is 32.1. The molecule has 0 fully saturated rings. The van der Waals surface area contributed by atoms with Crippen LogP contribution in [0.2, 0.25) is 0 Å². The molecule has 0 atom stereocenters. The van der Waals surface area contributed by atoms with E-state index in [4.69, 9.17) is 4.74 Å². The summed E-state index contributed by atoms with van der Waals surface area (Å²) in [5, 5.41) is 8.02. The zero-order valence-corrected chi connectivity index (χ0v) is 43.8. The number of ether oxygens (including phenoxy) is 1. The molecule has 0 saturated heterocycles. The highest BCUT2D eigenvalue weighted by Gasteiger charge is 2.39. The van der Waals surface area contributed by atoms with Crippen molar-refractivity contribution >= 4 is 47.7 Å². The normalized spacial score (nSPS) is 13.3. The minimum Gasteiger partial charge on any atom is -0.455 e. The van der Waals surface area contributed by atoms with Crippen molar-refractivity contribution in [2.45, 2.75) is 101 Å². The van der Waals surface area contributed by atoms with Gasteiger partial charge in [-0.3, -0.25) is 0 Å². The van der Waals surface area contributed by atoms with Gasteiger partial charge >= 0.3 is 0 Å². The summed E-state index contributed by atoms with van der Waals surface area (Å²) in [7, 11) is -1.90. The third kappa shape index (κ3) is 11.2. The van der Waals surface area contributed by atoms with Crippen LogP contribution in [0.1, 0.15) is 103 Å². The fourth-order valence-corrected chi connectivity index (χ4v) is 14.6. The molecule has 0 aromatic heterocycles. The Morgan fingerprint density at radius 3 is 0.818 bits per heavy atom. The molecule has 0 amide bonds. The molecular formula is C59H80N4OP2+4. The minimum absolute atomic E-state index is 0.281. The van der Waals surface area contributed by atoms with E-state index in [0.717, 1.165) is 90.0 Å². The molecule has 6 aromatic carbocycles. The fraction of sp³-hybridized carbons (Fsp3) is 0.390. The Labute approximate surface area is 401 Å². The molecule has 7 rings (SSSR count). The van der Waals surface area contributed by atoms with Crippen molar-refractivity contribution in [3.63, 3.8) is 0 Å². The van der Waals surface area contributed by atoms with Crippen molar-refractivity contribution in [2.75, 3.05) is 52.4 Å². The SMILES string of the molecule is CC[NH+](CC)Cc1ccc(P(c2ccc(C[NH+](CC)CC)cc2)c2cccc3c2Oc2c(P(c4ccc(C[NH+](CC)CC)cc4)c4ccc(C[NH+](CC)CC)cc4)cccc2C3(C)C)cc1. The topological polar surface area (TPSA) is 27.0 Å². The predicted molar refractivity (Wildman–Crippen MR) is 285 cm³/mol. The summed E-state index contributed by atoms with van der Waals surface area (Å²) in [5.41, 5.74) is 7.83. The van der Waals surface area contributed by atoms with Gasteiger partial charge in [0.15, 0.2) is 0 Å². The summed E-state index contributed by atoms with van der Waals surface area (Å²) in [4.78, 5) is 6.41. The molecule has 6 aromatic rings. The standard InChI is InChI=1S/C59H76N4OP2/c1-11-60(12-2)41-45-25-33-49(34-26-45)65(50-35-27-46(28-36-50)42-61(13-3)14-4)55-23-19-21-53-57(55)64-58-54(59(53,9)10)22-20-24-56(58)66(51-37-29-47(30-38-51)43-62(15-5)16-6)52-39-31-48(32-40-52)44-63(17-7)18-8/h19-40H,11-18,41-44H2,1-10H3/p+4. The molecule has 0 saturated carbocycles. The van der Waals surface area contributed by atoms with E-state index in [2.05, 4.69) is 203 Å². The smallest absolute Gasteiger partial charge is 0.139 e. The van der Waals surface area contributed by atoms with Crippen molar-refractivity contribution in [2.24, 2.45) is 0 Å². The van der Waals surface area contributed by atoms with Crippen LogP contribution in [0.3, 0.4) is 0 Å². The number of hydrogen-bond donors (Lipinski definition) is 4. The average Bonchev–Trinajstić information content (AvgIpc) is 3.35. The molecule has 1 aliphatic rings. The van der Waals surface area contributed by atoms with Crippen molar-refractivity contribution < 1.29 is 24.3 Å². The van der Waals surface area contributed by atoms with E-state index in [9.17, 15) is 0 Å². The monoisotopic (exact) mass is 923 g/mol. The van der Waals surface area contributed by atoms with E-state index in [0.29, 0.717) is 0 Å². The summed E-state index contributed by atoms with van der Waals surface area (Å²) in [6.07, 6.45) is 0. The largest absolute Gasteiger partial charge is 0.455 e. The van der Waals surface area contributed by atoms with E-state index in [1.54, 1.807) is 19.6 Å². The molecule has 0 unspecified atom stereocenters. The van der Waals surface area contributed by atoms with E-state index >= 15 is 0 Å². The molecule has 0 aliphatic carbocycles. The second-order valence-electron chi connectivity index (χ2n) is 18.9. The third-order valence-corrected chi connectivity index (χ3v) is 19.5. The molecule has 1 heterocycles. The Morgan fingerprint density at radius 2 is 0.591 bits per heavy atom. The Hall–Kier alpha value is -4.18. The van der Waals surface area contributed by atoms with Gasteiger partial charge in [0.25, 0.3) is 0 Å². The van der Waals surface area contributed by atoms with E-state index in [-0.39, 0.29) is 5.41 Å². The van der Waals surface area contributed by atoms with E-state index in [1.165, 1.54) is 65.2 Å². The van der Waals surface area contributed by atoms with Crippen LogP contribution >= 0.6 is 15.8 Å². The molecule has 0 radical (unpaired) electrons. The lowest BCUT2D eigenvalue weighted by Crippen LogP contribution is -3.10. The highest BCUT2D eigenvalue weighted by molar-refractivity contribution is 7.80. The van der Waals surface area contributed by atoms with Crippen molar-refractivity contribution in [1.82, 2.24) is 0 Å². The van der Waals surface area contributed by atoms with Crippen molar-refractivity contribution in [3.8, 4) is 11.5 Å². The number of para-hydroxylation sites is 2. The minimum atomic E-state index is -0.950. The summed E-state index contributed by atoms with van der Waals surface area (Å²) in [5.74, 6) is 2.07. The lowest BCUT2D eigenvalue weighted by Gasteiger charge is -2.38. The van der Waals surface area contributed by atoms with Crippen LogP contribution in [0, 0.1) is 0 Å². The first-order valence-corrected chi connectivity index (χ1v) is 28.0. The number of nitrogens with one attached hydrogen (secondary N) is 4. The van der Waals surface area contributed by atoms with Gasteiger partial charge in [-0.15, -0.1) is 0 Å². The maximum atomic E-state index is 7.66. The molecule has 7 heteroatoms. The van der Waals surface area contributed by atoms with Gasteiger partial charge in [-0.05, 0) is 92.5 Å². The summed E-state index contributed by atoms with van der Waals surface area (Å²) >= 11 is 0. The maximum Gasteiger partial charge on any atom is 0.139 e. The highest BCUT2D eigenvalue weighted by atomic mass is 31.1. The second-order valence-corrected chi connectivity index (χ2v) is 23.3. The van der Waals surface area contributed by atoms with Crippen LogP contribution in [0.4, 0.5) is 0 Å². The zero-order chi connectivity index (χ0) is 46.8. The lowest BCUT2D eigenvalue weighted by molar-refractivity contribution is -0.910. The van der Waals surface area contributed by atoms with Gasteiger partial charge in [0.1, 0.15) is 37.7 Å². The quantitative estimate of drug-likeness (QED) is 0.0682. The van der Waals surface area contributed by atoms with Crippen molar-refractivity contribution in [3.05, 3.63) is 167 Å². The summed E-state index contributed by atoms with van der Waals surface area (Å²) < 4.78 is 7.66. The van der Waals surface area contributed by atoms with Crippen molar-refractivity contribution in [1.29, 1.82) is 0 Å². The summed E-state index contributed by atoms with van der Waals surface area (Å²) in [6, 6.07) is 52.4. The average molecular weight is 923 g/mol. The van der Waals surface area contributed by atoms with Gasteiger partial charge < -0.3 is 24.3 Å². The van der Waals surface area contributed by atoms with Gasteiger partial charge in [-0.1, -0.05) is 147 Å². The van der Waals surface area contributed by atoms with Gasteiger partial charge in [0.2, 0.25) is 0 Å². The molecule has 66 heavy (non-hydrogen) atoms. The number of quaternary nitrogens is 4. The summed E-state index contributed by atoms with van der Waals surface area (Å²) in [6.45, 7) is 36.4. The Balaban J connectivity index is 1.36. The zero-order valence-electron chi connectivity index (χ0n) is 42.0. The molecule has 5 nitrogen and oxygen atoms in total. The molecular weight excluding hydrogens is 843 g/mol. The first-order valence-electron chi connectivity index (χ1n) is 25.3. The van der Waals surface area contributed by atoms with Crippen LogP contribution in [0.5, 0.6) is 11.5 Å². The molecule has 4 N–H and O–H groups in total. The molecule has 0 spiro atoms. The fourth-order valence-electron chi connectivity index (χ4n) is 9.91. The van der Waals surface area contributed by atoms with Crippen LogP contribution in [0.25, 0.3) is 0 Å². The lowest BCUT2D eigenvalue weighted by atomic mass is 9.76. The van der Waals surface area contributed by atoms with Crippen LogP contribution in [-0.2, 0) is 31.6 Å². The third-order valence-electron chi connectivity index (χ3n) is 14.6. The van der Waals surface area contributed by atoms with E-state index in [1.807, 2.05) is 0 Å². The van der Waals surface area contributed by atoms with Crippen LogP contribution in [0.15, 0.2) is 133 Å². The number of fused-ring (bicyclic) bond motifs is 2. The van der Waals surface area contributed by atoms with Gasteiger partial charge in [-0.2, -0.15) is 0 Å². The predicted octanol–water partition coefficient (Wildman–Crippen LogP) is 5.33. The number of benzene rings is 6. The highest BCUT2D eigenvalue weighted by Crippen LogP contribution is 2.52. The van der Waals surface area contributed by atoms with Crippen LogP contribution < -0.4 is 56.2 Å². The molecule has 348 valence electrons. The maximum absolute atomic E-state index is 7.66. The second kappa shape index (κ2) is 23.2. The Kier molecular flexibility index (Phi) is 17.5. The van der Waals surface area contributed by atoms with Crippen LogP contribution in [-0.4, -0.2) is 52.4 Å².